The van der Waals surface area contributed by atoms with Gasteiger partial charge in [0.05, 0.1) is 11.1 Å². The first-order valence-electron chi connectivity index (χ1n) is 10.3. The first-order valence-corrected chi connectivity index (χ1v) is 11.4. The number of carbonyl (C=O) groups is 2. The molecule has 4 aromatic rings. The van der Waals surface area contributed by atoms with Crippen molar-refractivity contribution >= 4 is 27.5 Å². The van der Waals surface area contributed by atoms with Crippen LogP contribution in [0.15, 0.2) is 121 Å². The normalized spacial score (nSPS) is 10.2. The van der Waals surface area contributed by atoms with Crippen molar-refractivity contribution in [3.05, 3.63) is 139 Å². The molecule has 0 bridgehead atoms. The number of carboxylic acid groups (broad SMARTS) is 2. The van der Waals surface area contributed by atoms with Crippen LogP contribution >= 0.6 is 0 Å². The van der Waals surface area contributed by atoms with Crippen LogP contribution in [0.2, 0.25) is 0 Å². The van der Waals surface area contributed by atoms with Crippen molar-refractivity contribution in [1.82, 2.24) is 0 Å². The molecule has 1 aliphatic rings. The van der Waals surface area contributed by atoms with Gasteiger partial charge in [0.25, 0.3) is 0 Å². The summed E-state index contributed by atoms with van der Waals surface area (Å²) in [6.45, 7) is 0. The van der Waals surface area contributed by atoms with E-state index in [1.165, 1.54) is 10.8 Å². The molecule has 5 rings (SSSR count). The van der Waals surface area contributed by atoms with Crippen molar-refractivity contribution in [2.24, 2.45) is 0 Å². The zero-order valence-electron chi connectivity index (χ0n) is 18.7. The van der Waals surface area contributed by atoms with Gasteiger partial charge < -0.3 is 10.2 Å². The van der Waals surface area contributed by atoms with Crippen molar-refractivity contribution in [3.63, 3.8) is 0 Å². The average Bonchev–Trinajstić information content (AvgIpc) is 3.63. The molecule has 0 atom stereocenters. The largest absolute Gasteiger partial charge is 0.168 e. The summed E-state index contributed by atoms with van der Waals surface area (Å²) in [7, 11) is 0. The van der Waals surface area contributed by atoms with E-state index in [0.29, 0.717) is 11.1 Å². The predicted octanol–water partition coefficient (Wildman–Crippen LogP) is 6.60. The second-order valence-corrected chi connectivity index (χ2v) is 6.50. The summed E-state index contributed by atoms with van der Waals surface area (Å²) in [5.41, 5.74) is 0.662. The third-order valence-electron chi connectivity index (χ3n) is 4.17. The smallest absolute Gasteiger partial charge is 0.0809 e. The molecule has 0 radical (unpaired) electrons. The van der Waals surface area contributed by atoms with Crippen LogP contribution in [0.3, 0.4) is 0 Å². The van der Waals surface area contributed by atoms with Gasteiger partial charge in [-0.05, 0) is 24.3 Å². The summed E-state index contributed by atoms with van der Waals surface area (Å²) in [5, 5.41) is 19.4. The minimum atomic E-state index is -0.879. The van der Waals surface area contributed by atoms with Crippen LogP contribution < -0.4 is 0 Å². The minimum Gasteiger partial charge on any atom is -0.168 e. The molecule has 170 valence electrons. The molecule has 2 N–H and O–H groups in total. The number of carboxylic acids is 2. The van der Waals surface area contributed by atoms with Gasteiger partial charge in [-0.3, -0.25) is 6.08 Å². The van der Waals surface area contributed by atoms with E-state index in [-0.39, 0.29) is 0 Å². The summed E-state index contributed by atoms with van der Waals surface area (Å²) >= 11 is 1.75. The van der Waals surface area contributed by atoms with Gasteiger partial charge in [-0.2, -0.15) is 23.6 Å². The predicted molar refractivity (Wildman–Crippen MR) is 135 cm³/mol. The van der Waals surface area contributed by atoms with Gasteiger partial charge in [0, 0.05) is 0 Å². The third-order valence-corrected chi connectivity index (χ3v) is 4.17. The number of benzene rings is 3. The number of allylic oxidation sites excluding steroid dienone is 4. The molecular formula is C29H26O4Ti. The maximum Gasteiger partial charge on any atom is -0.0809 e. The van der Waals surface area contributed by atoms with E-state index in [1.54, 1.807) is 80.6 Å². The third kappa shape index (κ3) is 11.8. The summed E-state index contributed by atoms with van der Waals surface area (Å²) < 4.78 is 0. The maximum atomic E-state index is 10.2. The van der Waals surface area contributed by atoms with E-state index in [9.17, 15) is 9.59 Å². The van der Waals surface area contributed by atoms with Crippen molar-refractivity contribution in [3.8, 4) is 0 Å². The van der Waals surface area contributed by atoms with Gasteiger partial charge in [0.1, 0.15) is 0 Å². The van der Waals surface area contributed by atoms with E-state index < -0.39 is 11.9 Å². The van der Waals surface area contributed by atoms with Crippen LogP contribution in [0.4, 0.5) is 0 Å². The molecule has 34 heavy (non-hydrogen) atoms. The van der Waals surface area contributed by atoms with Crippen molar-refractivity contribution in [1.29, 1.82) is 0 Å². The Labute approximate surface area is 211 Å². The van der Waals surface area contributed by atoms with Gasteiger partial charge in [0.15, 0.2) is 0 Å². The van der Waals surface area contributed by atoms with Crippen LogP contribution in [0.1, 0.15) is 27.1 Å². The Morgan fingerprint density at radius 2 is 1.26 bits per heavy atom. The molecule has 0 heterocycles. The van der Waals surface area contributed by atoms with E-state index >= 15 is 0 Å². The SMILES string of the molecule is O=C(O)c1ccccc1.O=C(O)c1ccccc1.[C-]1=CC=CC1.[CH2]=[Ti+2].c1ccc2[cH-]ccc2c1. The Bertz CT molecular complexity index is 1070. The van der Waals surface area contributed by atoms with Crippen LogP contribution in [-0.2, 0) is 20.0 Å². The Morgan fingerprint density at radius 3 is 1.62 bits per heavy atom. The molecule has 0 spiro atoms. The summed E-state index contributed by atoms with van der Waals surface area (Å²) in [6.07, 6.45) is 10.0. The fraction of sp³-hybridized carbons (Fsp3) is 0.0345. The molecule has 0 aliphatic heterocycles. The molecule has 0 saturated carbocycles. The van der Waals surface area contributed by atoms with Crippen molar-refractivity contribution < 1.29 is 39.8 Å². The van der Waals surface area contributed by atoms with Crippen LogP contribution in [0.25, 0.3) is 10.8 Å². The minimum absolute atomic E-state index is 0.331. The number of hydrogen-bond donors (Lipinski definition) is 2. The van der Waals surface area contributed by atoms with Gasteiger partial charge in [-0.25, -0.2) is 21.7 Å². The number of fused-ring (bicyclic) bond motifs is 1. The molecule has 4 nitrogen and oxygen atoms in total. The number of aromatic carboxylic acids is 2. The molecule has 4 aromatic carbocycles. The quantitative estimate of drug-likeness (QED) is 0.247. The zero-order valence-corrected chi connectivity index (χ0v) is 20.2. The van der Waals surface area contributed by atoms with Gasteiger partial charge in [-0.1, -0.05) is 42.5 Å². The Morgan fingerprint density at radius 1 is 0.765 bits per heavy atom. The zero-order chi connectivity index (χ0) is 25.0. The standard InChI is InChI=1S/C9H7.2C7H6O2.C5H5.CH2.Ti/c1-2-5-9-7-3-6-8(9)4-1;2*8-7(9)6-4-2-1-3-5-6;1-2-4-5-3-1;;/h1-7H;2*1-5H,(H,8,9);1-3H,4H2;1H2;/q-1;;;-1;;+2. The molecule has 0 saturated heterocycles. The summed E-state index contributed by atoms with van der Waals surface area (Å²) in [5.74, 6) is -1.76. The summed E-state index contributed by atoms with van der Waals surface area (Å²) in [4.78, 5) is 23.7. The van der Waals surface area contributed by atoms with E-state index in [0.717, 1.165) is 6.42 Å². The van der Waals surface area contributed by atoms with Crippen LogP contribution in [-0.4, -0.2) is 27.0 Å². The molecular weight excluding hydrogens is 460 g/mol. The molecule has 0 fully saturated rings. The first kappa shape index (κ1) is 28.3. The second-order valence-electron chi connectivity index (χ2n) is 6.50. The van der Waals surface area contributed by atoms with E-state index in [1.807, 2.05) is 12.2 Å². The van der Waals surface area contributed by atoms with Crippen LogP contribution in [0, 0.1) is 6.08 Å². The molecule has 0 aromatic heterocycles. The van der Waals surface area contributed by atoms with Gasteiger partial charge in [-0.15, -0.1) is 36.1 Å². The second kappa shape index (κ2) is 17.8. The van der Waals surface area contributed by atoms with Gasteiger partial charge >= 0.3 is 36.7 Å². The molecule has 1 aliphatic carbocycles. The molecule has 5 heteroatoms. The number of hydrogen-bond acceptors (Lipinski definition) is 2. The average molecular weight is 486 g/mol. The molecule has 0 unspecified atom stereocenters. The van der Waals surface area contributed by atoms with Crippen LogP contribution in [0.5, 0.6) is 0 Å². The summed E-state index contributed by atoms with van der Waals surface area (Å²) in [6, 6.07) is 31.3. The topological polar surface area (TPSA) is 74.6 Å². The van der Waals surface area contributed by atoms with E-state index in [2.05, 4.69) is 59.4 Å². The Hall–Kier alpha value is -3.73. The fourth-order valence-corrected chi connectivity index (χ4v) is 2.57. The number of rotatable bonds is 2. The Balaban J connectivity index is 0.000000225. The van der Waals surface area contributed by atoms with Gasteiger partial charge in [0.2, 0.25) is 0 Å². The van der Waals surface area contributed by atoms with Crippen molar-refractivity contribution in [2.75, 3.05) is 0 Å². The molecule has 0 amide bonds. The van der Waals surface area contributed by atoms with E-state index in [4.69, 9.17) is 10.2 Å². The Kier molecular flexibility index (Phi) is 14.8. The fourth-order valence-electron chi connectivity index (χ4n) is 2.57. The first-order chi connectivity index (χ1) is 16.6. The monoisotopic (exact) mass is 486 g/mol. The van der Waals surface area contributed by atoms with Crippen molar-refractivity contribution in [2.45, 2.75) is 6.42 Å². The maximum absolute atomic E-state index is 10.2.